The molecule has 5 aromatic heterocycles. The number of nitrogens with zero attached hydrogens (tertiary/aromatic N) is 10. The number of nitrogen functional groups attached to an aromatic ring is 3. The van der Waals surface area contributed by atoms with Crippen LogP contribution in [0.15, 0.2) is 42.4 Å². The summed E-state index contributed by atoms with van der Waals surface area (Å²) in [5.74, 6) is -1.26. The van der Waals surface area contributed by atoms with Crippen molar-refractivity contribution in [2.24, 2.45) is 5.92 Å². The number of ether oxygens (including phenoxy) is 3. The van der Waals surface area contributed by atoms with E-state index in [1.165, 1.54) is 46.7 Å². The first-order valence-electron chi connectivity index (χ1n) is 18.2. The lowest BCUT2D eigenvalue weighted by molar-refractivity contribution is -0.111. The fraction of sp³-hybridized carbons (Fsp3) is 0.517. The Balaban J connectivity index is 1.07. The Hall–Kier alpha value is -4.45. The van der Waals surface area contributed by atoms with Crippen molar-refractivity contribution in [3.05, 3.63) is 48.1 Å². The topological polar surface area (TPSA) is 437 Å². The van der Waals surface area contributed by atoms with Crippen LogP contribution < -0.4 is 22.9 Å². The first kappa shape index (κ1) is 44.2. The van der Waals surface area contributed by atoms with E-state index in [2.05, 4.69) is 39.4 Å². The Morgan fingerprint density at radius 1 is 0.742 bits per heavy atom. The molecule has 0 amide bonds. The molecule has 12 N–H and O–H groups in total. The number of fused-ring (bicyclic) bond motifs is 2. The molecule has 0 bridgehead atoms. The highest BCUT2D eigenvalue weighted by Crippen LogP contribution is 2.52. The van der Waals surface area contributed by atoms with E-state index in [9.17, 15) is 48.1 Å². The third-order valence-corrected chi connectivity index (χ3v) is 12.3. The molecule has 0 radical (unpaired) electrons. The van der Waals surface area contributed by atoms with E-state index < -0.39 is 104 Å². The van der Waals surface area contributed by atoms with Crippen LogP contribution in [0.25, 0.3) is 22.3 Å². The minimum atomic E-state index is -5.41. The molecule has 0 aliphatic carbocycles. The van der Waals surface area contributed by atoms with Gasteiger partial charge in [-0.3, -0.25) is 31.8 Å². The Labute approximate surface area is 346 Å². The average Bonchev–Trinajstić information content (AvgIpc) is 4.02. The van der Waals surface area contributed by atoms with E-state index in [0.29, 0.717) is 0 Å². The van der Waals surface area contributed by atoms with E-state index in [-0.39, 0.29) is 59.0 Å². The van der Waals surface area contributed by atoms with Crippen molar-refractivity contribution in [3.63, 3.8) is 0 Å². The molecule has 8 heterocycles. The second kappa shape index (κ2) is 16.9. The lowest BCUT2D eigenvalue weighted by Gasteiger charge is -2.33. The number of aliphatic hydroxyl groups excluding tert-OH is 1. The highest BCUT2D eigenvalue weighted by atomic mass is 31.2. The molecule has 0 saturated carbocycles. The fourth-order valence-corrected chi connectivity index (χ4v) is 9.49. The summed E-state index contributed by atoms with van der Waals surface area (Å²) < 4.78 is 80.6. The van der Waals surface area contributed by atoms with Gasteiger partial charge >= 0.3 is 29.2 Å². The minimum Gasteiger partial charge on any atom is -0.390 e. The van der Waals surface area contributed by atoms with Crippen molar-refractivity contribution in [2.75, 3.05) is 30.4 Å². The summed E-state index contributed by atoms with van der Waals surface area (Å²) in [6.07, 6.45) is -6.89. The van der Waals surface area contributed by atoms with Gasteiger partial charge in [-0.1, -0.05) is 0 Å². The summed E-state index contributed by atoms with van der Waals surface area (Å²) in [6, 6.07) is 1.27. The minimum absolute atomic E-state index is 0.0250. The van der Waals surface area contributed by atoms with Gasteiger partial charge in [0.1, 0.15) is 72.6 Å². The summed E-state index contributed by atoms with van der Waals surface area (Å²) in [4.78, 5) is 90.9. The van der Waals surface area contributed by atoms with Gasteiger partial charge in [-0.2, -0.15) is 4.98 Å². The molecule has 11 unspecified atom stereocenters. The Bertz CT molecular complexity index is 2660. The molecular formula is C29H38N13O17P3. The predicted octanol–water partition coefficient (Wildman–Crippen LogP) is -1.40. The van der Waals surface area contributed by atoms with E-state index >= 15 is 0 Å². The number of phosphoric acid groups is 3. The highest BCUT2D eigenvalue weighted by Gasteiger charge is 2.53. The van der Waals surface area contributed by atoms with Crippen molar-refractivity contribution in [1.82, 2.24) is 48.6 Å². The van der Waals surface area contributed by atoms with Crippen LogP contribution in [0.2, 0.25) is 0 Å². The monoisotopic (exact) mass is 933 g/mol. The summed E-state index contributed by atoms with van der Waals surface area (Å²) in [6.45, 7) is -1.72. The van der Waals surface area contributed by atoms with Crippen molar-refractivity contribution < 1.29 is 75.6 Å². The van der Waals surface area contributed by atoms with E-state index in [1.807, 2.05) is 0 Å². The molecule has 11 atom stereocenters. The normalized spacial score (nSPS) is 28.5. The number of hydrogen-bond donors (Lipinski definition) is 9. The van der Waals surface area contributed by atoms with Crippen molar-refractivity contribution in [2.45, 2.75) is 74.6 Å². The number of anilines is 3. The van der Waals surface area contributed by atoms with Gasteiger partial charge in [-0.25, -0.2) is 48.4 Å². The van der Waals surface area contributed by atoms with E-state index in [4.69, 9.17) is 45.0 Å². The second-order valence-corrected chi connectivity index (χ2v) is 18.1. The Morgan fingerprint density at radius 3 is 1.92 bits per heavy atom. The van der Waals surface area contributed by atoms with Crippen LogP contribution in [-0.4, -0.2) is 128 Å². The average molecular weight is 934 g/mol. The zero-order chi connectivity index (χ0) is 44.3. The van der Waals surface area contributed by atoms with Crippen LogP contribution in [0.5, 0.6) is 0 Å². The maximum Gasteiger partial charge on any atom is 0.472 e. The van der Waals surface area contributed by atoms with Gasteiger partial charge in [-0.05, 0) is 6.07 Å². The van der Waals surface area contributed by atoms with Crippen molar-refractivity contribution >= 4 is 63.2 Å². The number of rotatable bonds is 15. The van der Waals surface area contributed by atoms with E-state index in [1.54, 1.807) is 0 Å². The van der Waals surface area contributed by atoms with Crippen molar-refractivity contribution in [1.29, 1.82) is 0 Å². The van der Waals surface area contributed by atoms with Gasteiger partial charge < -0.3 is 61.0 Å². The zero-order valence-electron chi connectivity index (χ0n) is 31.5. The maximum absolute atomic E-state index is 13.7. The zero-order valence-corrected chi connectivity index (χ0v) is 34.2. The standard InChI is InChI=1S/C29H38N13O17P3/c30-17-1-2-40(29(44)39-17)20-5-14(16(56-20)7-53-60(45,46)47)58-62(51,52)54-6-15-12(3-18(55-15)41-10-37-21-25(31)33-8-35-27(21)41)23(59-61(48,49)50)24-13(43)4-19(57-24)42-11-38-22-26(32)34-9-36-28(22)42/h1-2,8-16,18-20,23-24,43H,3-7H2,(H,51,52)(H2,30,39,44)(H2,31,33,35)(H2,32,34,36)(H2,45,46,47)(H2,48,49,50). The molecule has 0 spiro atoms. The number of nitrogens with two attached hydrogens (primary N) is 3. The Kier molecular flexibility index (Phi) is 12.1. The molecule has 0 aromatic carbocycles. The molecule has 3 aliphatic rings. The third kappa shape index (κ3) is 9.41. The van der Waals surface area contributed by atoms with Gasteiger partial charge in [0.15, 0.2) is 22.9 Å². The molecule has 3 saturated heterocycles. The number of aromatic nitrogens is 10. The molecule has 33 heteroatoms. The van der Waals surface area contributed by atoms with Crippen LogP contribution in [0.4, 0.5) is 17.5 Å². The summed E-state index contributed by atoms with van der Waals surface area (Å²) in [7, 11) is -15.8. The van der Waals surface area contributed by atoms with Crippen LogP contribution in [-0.2, 0) is 46.0 Å². The largest absolute Gasteiger partial charge is 0.472 e. The molecule has 3 fully saturated rings. The number of imidazole rings is 2. The maximum atomic E-state index is 13.7. The van der Waals surface area contributed by atoms with Crippen molar-refractivity contribution in [3.8, 4) is 0 Å². The number of hydrogen-bond acceptors (Lipinski definition) is 22. The summed E-state index contributed by atoms with van der Waals surface area (Å²) in [5.41, 5.74) is 17.5. The van der Waals surface area contributed by atoms with Crippen LogP contribution >= 0.6 is 23.5 Å². The quantitative estimate of drug-likeness (QED) is 0.0545. The van der Waals surface area contributed by atoms with Gasteiger partial charge in [0.2, 0.25) is 0 Å². The molecular weight excluding hydrogens is 895 g/mol. The summed E-state index contributed by atoms with van der Waals surface area (Å²) in [5, 5.41) is 11.4. The smallest absolute Gasteiger partial charge is 0.390 e. The predicted molar refractivity (Wildman–Crippen MR) is 203 cm³/mol. The lowest BCUT2D eigenvalue weighted by Crippen LogP contribution is -2.45. The number of aliphatic hydroxyl groups is 1. The van der Waals surface area contributed by atoms with Crippen LogP contribution in [0, 0.1) is 5.92 Å². The first-order chi connectivity index (χ1) is 29.2. The fourth-order valence-electron chi connectivity index (χ4n) is 7.59. The molecule has 8 rings (SSSR count). The molecule has 30 nitrogen and oxygen atoms in total. The lowest BCUT2D eigenvalue weighted by atomic mass is 9.89. The van der Waals surface area contributed by atoms with Gasteiger partial charge in [0.05, 0.1) is 38.1 Å². The first-order valence-corrected chi connectivity index (χ1v) is 22.7. The SMILES string of the molecule is Nc1ccn(C2CC(OP(=O)(O)OCC3OC(n4cnc5c(N)ncnc54)CC3C(OP(=O)(O)O)C3OC(n4cnc5c(N)ncnc54)CC3O)C(COP(=O)(O)O)O2)c(=O)n1. The van der Waals surface area contributed by atoms with Crippen LogP contribution in [0.3, 0.4) is 0 Å². The Morgan fingerprint density at radius 2 is 1.32 bits per heavy atom. The van der Waals surface area contributed by atoms with Gasteiger partial charge in [0, 0.05) is 31.4 Å². The highest BCUT2D eigenvalue weighted by molar-refractivity contribution is 7.47. The third-order valence-electron chi connectivity index (χ3n) is 10.2. The van der Waals surface area contributed by atoms with Gasteiger partial charge in [0.25, 0.3) is 0 Å². The summed E-state index contributed by atoms with van der Waals surface area (Å²) >= 11 is 0. The molecule has 336 valence electrons. The second-order valence-electron chi connectivity index (χ2n) is 14.2. The molecule has 62 heavy (non-hydrogen) atoms. The van der Waals surface area contributed by atoms with E-state index in [0.717, 1.165) is 4.57 Å². The van der Waals surface area contributed by atoms with Crippen LogP contribution in [0.1, 0.15) is 37.9 Å². The number of phosphoric ester groups is 3. The van der Waals surface area contributed by atoms with Gasteiger partial charge in [-0.15, -0.1) is 0 Å². The molecule has 3 aliphatic heterocycles. The molecule has 5 aromatic rings.